The fourth-order valence-corrected chi connectivity index (χ4v) is 4.29. The van der Waals surface area contributed by atoms with Crippen molar-refractivity contribution >= 4 is 45.8 Å². The molecule has 1 atom stereocenters. The number of rotatable bonds is 4. The summed E-state index contributed by atoms with van der Waals surface area (Å²) < 4.78 is 5.40. The average Bonchev–Trinajstić information content (AvgIpc) is 3.14. The number of carbonyl (C=O) groups is 1. The fourth-order valence-electron chi connectivity index (χ4n) is 3.95. The van der Waals surface area contributed by atoms with E-state index < -0.39 is 0 Å². The third kappa shape index (κ3) is 4.24. The summed E-state index contributed by atoms with van der Waals surface area (Å²) in [5.74, 6) is -0.129. The maximum absolute atomic E-state index is 13.0. The number of amides is 1. The van der Waals surface area contributed by atoms with Crippen LogP contribution in [0.15, 0.2) is 45.6 Å². The third-order valence-corrected chi connectivity index (χ3v) is 6.24. The van der Waals surface area contributed by atoms with Gasteiger partial charge in [-0.2, -0.15) is 0 Å². The molecule has 0 spiro atoms. The number of likely N-dealkylation sites (tertiary alicyclic amines) is 1. The number of hydrogen-bond donors (Lipinski definition) is 1. The predicted octanol–water partition coefficient (Wildman–Crippen LogP) is 5.32. The molecular formula is C23H22Cl2N2O3. The van der Waals surface area contributed by atoms with E-state index in [1.54, 1.807) is 18.2 Å². The highest BCUT2D eigenvalue weighted by atomic mass is 35.5. The van der Waals surface area contributed by atoms with Crippen LogP contribution in [0.2, 0.25) is 10.0 Å². The van der Waals surface area contributed by atoms with Gasteiger partial charge >= 0.3 is 5.63 Å². The van der Waals surface area contributed by atoms with Crippen molar-refractivity contribution in [2.75, 3.05) is 11.9 Å². The second kappa shape index (κ2) is 8.42. The molecule has 3 aromatic rings. The van der Waals surface area contributed by atoms with Gasteiger partial charge in [-0.3, -0.25) is 9.69 Å². The molecule has 1 N–H and O–H groups in total. The number of halogens is 2. The fraction of sp³-hybridized carbons (Fsp3) is 0.304. The van der Waals surface area contributed by atoms with Crippen LogP contribution in [0.25, 0.3) is 11.0 Å². The highest BCUT2D eigenvalue weighted by molar-refractivity contribution is 6.35. The smallest absolute Gasteiger partial charge is 0.336 e. The summed E-state index contributed by atoms with van der Waals surface area (Å²) in [5, 5.41) is 4.75. The lowest BCUT2D eigenvalue weighted by atomic mass is 10.0. The highest BCUT2D eigenvalue weighted by Crippen LogP contribution is 2.29. The Morgan fingerprint density at radius 2 is 1.93 bits per heavy atom. The van der Waals surface area contributed by atoms with Crippen LogP contribution in [-0.4, -0.2) is 23.4 Å². The van der Waals surface area contributed by atoms with Gasteiger partial charge in [0.25, 0.3) is 0 Å². The van der Waals surface area contributed by atoms with E-state index in [2.05, 4.69) is 10.2 Å². The van der Waals surface area contributed by atoms with Crippen LogP contribution < -0.4 is 10.9 Å². The van der Waals surface area contributed by atoms with Crippen LogP contribution in [0, 0.1) is 13.8 Å². The summed E-state index contributed by atoms with van der Waals surface area (Å²) in [6.45, 7) is 5.29. The summed E-state index contributed by atoms with van der Waals surface area (Å²) in [6.07, 6.45) is 1.64. The van der Waals surface area contributed by atoms with E-state index in [9.17, 15) is 9.59 Å². The van der Waals surface area contributed by atoms with Gasteiger partial charge in [0.05, 0.1) is 16.8 Å². The van der Waals surface area contributed by atoms with Crippen LogP contribution in [-0.2, 0) is 11.3 Å². The predicted molar refractivity (Wildman–Crippen MR) is 120 cm³/mol. The monoisotopic (exact) mass is 444 g/mol. The first kappa shape index (κ1) is 20.9. The molecule has 1 fully saturated rings. The van der Waals surface area contributed by atoms with E-state index in [0.717, 1.165) is 41.5 Å². The number of fused-ring (bicyclic) bond motifs is 1. The molecule has 0 aliphatic carbocycles. The molecule has 1 saturated heterocycles. The molecule has 1 aliphatic heterocycles. The number of anilines is 1. The number of hydrogen-bond acceptors (Lipinski definition) is 4. The minimum absolute atomic E-state index is 0.129. The average molecular weight is 445 g/mol. The van der Waals surface area contributed by atoms with Gasteiger partial charge < -0.3 is 9.73 Å². The summed E-state index contributed by atoms with van der Waals surface area (Å²) in [6, 6.07) is 10.1. The highest BCUT2D eigenvalue weighted by Gasteiger charge is 2.31. The first-order valence-electron chi connectivity index (χ1n) is 9.86. The molecule has 156 valence electrons. The lowest BCUT2D eigenvalue weighted by Gasteiger charge is -2.24. The third-order valence-electron chi connectivity index (χ3n) is 5.67. The van der Waals surface area contributed by atoms with Gasteiger partial charge in [0, 0.05) is 23.0 Å². The molecule has 1 aromatic heterocycles. The Morgan fingerprint density at radius 3 is 2.73 bits per heavy atom. The number of nitrogens with zero attached hydrogens (tertiary/aromatic N) is 1. The Bertz CT molecular complexity index is 1190. The topological polar surface area (TPSA) is 62.6 Å². The summed E-state index contributed by atoms with van der Waals surface area (Å²) in [4.78, 5) is 27.2. The van der Waals surface area contributed by atoms with Crippen molar-refractivity contribution in [2.24, 2.45) is 0 Å². The van der Waals surface area contributed by atoms with Gasteiger partial charge in [-0.25, -0.2) is 4.79 Å². The minimum Gasteiger partial charge on any atom is -0.423 e. The largest absolute Gasteiger partial charge is 0.423 e. The minimum atomic E-state index is -0.383. The van der Waals surface area contributed by atoms with Gasteiger partial charge in [0.15, 0.2) is 0 Å². The molecule has 0 radical (unpaired) electrons. The maximum Gasteiger partial charge on any atom is 0.336 e. The van der Waals surface area contributed by atoms with Gasteiger partial charge in [-0.05, 0) is 80.3 Å². The van der Waals surface area contributed by atoms with Crippen LogP contribution in [0.1, 0.15) is 29.5 Å². The lowest BCUT2D eigenvalue weighted by molar-refractivity contribution is -0.120. The zero-order valence-corrected chi connectivity index (χ0v) is 18.3. The van der Waals surface area contributed by atoms with E-state index in [4.69, 9.17) is 27.6 Å². The second-order valence-corrected chi connectivity index (χ2v) is 8.61. The van der Waals surface area contributed by atoms with Crippen LogP contribution >= 0.6 is 23.2 Å². The summed E-state index contributed by atoms with van der Waals surface area (Å²) in [7, 11) is 0. The van der Waals surface area contributed by atoms with Crippen molar-refractivity contribution in [1.82, 2.24) is 4.90 Å². The molecule has 0 bridgehead atoms. The zero-order chi connectivity index (χ0) is 21.4. The normalized spacial score (nSPS) is 16.9. The first-order chi connectivity index (χ1) is 14.3. The van der Waals surface area contributed by atoms with E-state index in [-0.39, 0.29) is 17.6 Å². The van der Waals surface area contributed by atoms with E-state index in [1.165, 1.54) is 6.07 Å². The number of aryl methyl sites for hydroxylation is 2. The Morgan fingerprint density at radius 1 is 1.17 bits per heavy atom. The van der Waals surface area contributed by atoms with Gasteiger partial charge in [-0.15, -0.1) is 0 Å². The first-order valence-corrected chi connectivity index (χ1v) is 10.6. The number of nitrogens with one attached hydrogen (secondary N) is 1. The molecule has 30 heavy (non-hydrogen) atoms. The molecule has 1 unspecified atom stereocenters. The molecule has 7 heteroatoms. The van der Waals surface area contributed by atoms with Crippen LogP contribution in [0.3, 0.4) is 0 Å². The molecule has 1 aliphatic rings. The van der Waals surface area contributed by atoms with Gasteiger partial charge in [-0.1, -0.05) is 23.2 Å². The maximum atomic E-state index is 13.0. The van der Waals surface area contributed by atoms with E-state index in [0.29, 0.717) is 27.9 Å². The quantitative estimate of drug-likeness (QED) is 0.553. The second-order valence-electron chi connectivity index (χ2n) is 7.77. The Labute approximate surface area is 184 Å². The van der Waals surface area contributed by atoms with Crippen molar-refractivity contribution in [3.8, 4) is 0 Å². The van der Waals surface area contributed by atoms with E-state index in [1.807, 2.05) is 26.0 Å². The summed E-state index contributed by atoms with van der Waals surface area (Å²) >= 11 is 12.2. The Hall–Kier alpha value is -2.34. The Kier molecular flexibility index (Phi) is 5.87. The Balaban J connectivity index is 1.60. The molecule has 2 aromatic carbocycles. The zero-order valence-electron chi connectivity index (χ0n) is 16.8. The van der Waals surface area contributed by atoms with Gasteiger partial charge in [0.1, 0.15) is 5.58 Å². The van der Waals surface area contributed by atoms with E-state index >= 15 is 0 Å². The molecule has 4 rings (SSSR count). The van der Waals surface area contributed by atoms with Crippen molar-refractivity contribution in [1.29, 1.82) is 0 Å². The summed E-state index contributed by atoms with van der Waals surface area (Å²) in [5.41, 5.74) is 3.75. The number of carbonyl (C=O) groups excluding carboxylic acids is 1. The molecule has 0 saturated carbocycles. The van der Waals surface area contributed by atoms with Crippen molar-refractivity contribution in [2.45, 2.75) is 39.3 Å². The van der Waals surface area contributed by atoms with Crippen LogP contribution in [0.4, 0.5) is 5.69 Å². The molecule has 1 amide bonds. The SMILES string of the molecule is Cc1cc2oc(=O)cc(CN3CCCC3C(=O)Nc3cc(Cl)ccc3Cl)c2cc1C. The van der Waals surface area contributed by atoms with Crippen LogP contribution in [0.5, 0.6) is 0 Å². The van der Waals surface area contributed by atoms with Crippen molar-refractivity contribution in [3.63, 3.8) is 0 Å². The van der Waals surface area contributed by atoms with Crippen molar-refractivity contribution < 1.29 is 9.21 Å². The molecule has 5 nitrogen and oxygen atoms in total. The number of benzene rings is 2. The molecule has 2 heterocycles. The van der Waals surface area contributed by atoms with Gasteiger partial charge in [0.2, 0.25) is 5.91 Å². The lowest BCUT2D eigenvalue weighted by Crippen LogP contribution is -2.39. The van der Waals surface area contributed by atoms with Crippen molar-refractivity contribution in [3.05, 3.63) is 73.6 Å². The molecular weight excluding hydrogens is 423 g/mol. The standard InChI is InChI=1S/C23H22Cl2N2O3/c1-13-8-17-15(10-22(28)30-21(17)9-14(13)2)12-27-7-3-4-20(27)23(29)26-19-11-16(24)5-6-18(19)25/h5-6,8-11,20H,3-4,7,12H2,1-2H3,(H,26,29).